The number of methoxy groups -OCH3 is 2. The Hall–Kier alpha value is -2.05. The highest BCUT2D eigenvalue weighted by Crippen LogP contribution is 2.35. The smallest absolute Gasteiger partial charge is 0.254 e. The second-order valence-electron chi connectivity index (χ2n) is 7.43. The summed E-state index contributed by atoms with van der Waals surface area (Å²) in [5, 5.41) is 2.11. The van der Waals surface area contributed by atoms with Gasteiger partial charge in [-0.05, 0) is 61.7 Å². The standard InChI is InChI=1S/C21H28N2O3S/c1-21(22,8-4-6-16-7-5-11-27-16)9-10-23-14-15-12-18(25-2)19(26-3)13-17(15)20(23)24/h5,7,11-13H,4,6,8-10,14,22H2,1-3H3. The van der Waals surface area contributed by atoms with Crippen LogP contribution in [0.5, 0.6) is 11.5 Å². The van der Waals surface area contributed by atoms with E-state index in [1.807, 2.05) is 11.0 Å². The number of hydrogen-bond acceptors (Lipinski definition) is 5. The fraction of sp³-hybridized carbons (Fsp3) is 0.476. The van der Waals surface area contributed by atoms with E-state index in [0.29, 0.717) is 30.2 Å². The highest BCUT2D eigenvalue weighted by molar-refractivity contribution is 7.09. The van der Waals surface area contributed by atoms with Gasteiger partial charge in [0.15, 0.2) is 11.5 Å². The molecule has 2 aromatic rings. The lowest BCUT2D eigenvalue weighted by Gasteiger charge is -2.27. The molecule has 0 saturated heterocycles. The normalized spacial score (nSPS) is 15.6. The van der Waals surface area contributed by atoms with Gasteiger partial charge in [-0.1, -0.05) is 6.07 Å². The van der Waals surface area contributed by atoms with Crippen molar-refractivity contribution in [1.29, 1.82) is 0 Å². The number of nitrogens with zero attached hydrogens (tertiary/aromatic N) is 1. The number of aryl methyl sites for hydroxylation is 1. The number of amides is 1. The molecule has 1 atom stereocenters. The molecule has 1 aromatic heterocycles. The number of benzene rings is 1. The van der Waals surface area contributed by atoms with Gasteiger partial charge in [-0.15, -0.1) is 11.3 Å². The molecule has 27 heavy (non-hydrogen) atoms. The van der Waals surface area contributed by atoms with Gasteiger partial charge in [0.1, 0.15) is 0 Å². The minimum atomic E-state index is -0.276. The first-order valence-electron chi connectivity index (χ1n) is 9.29. The zero-order chi connectivity index (χ0) is 19.4. The summed E-state index contributed by atoms with van der Waals surface area (Å²) >= 11 is 1.79. The van der Waals surface area contributed by atoms with Gasteiger partial charge in [0.05, 0.1) is 14.2 Å². The van der Waals surface area contributed by atoms with Crippen LogP contribution in [0.25, 0.3) is 0 Å². The molecule has 146 valence electrons. The van der Waals surface area contributed by atoms with Crippen molar-refractivity contribution in [3.8, 4) is 11.5 Å². The molecular weight excluding hydrogens is 360 g/mol. The molecule has 0 radical (unpaired) electrons. The molecule has 0 bridgehead atoms. The average molecular weight is 389 g/mol. The minimum absolute atomic E-state index is 0.0420. The predicted molar refractivity (Wildman–Crippen MR) is 109 cm³/mol. The number of carbonyl (C=O) groups is 1. The van der Waals surface area contributed by atoms with Gasteiger partial charge in [-0.2, -0.15) is 0 Å². The molecule has 1 aliphatic heterocycles. The molecule has 6 heteroatoms. The Labute approximate surface area is 165 Å². The second-order valence-corrected chi connectivity index (χ2v) is 8.46. The van der Waals surface area contributed by atoms with Crippen LogP contribution in [0.4, 0.5) is 0 Å². The third-order valence-electron chi connectivity index (χ3n) is 5.19. The van der Waals surface area contributed by atoms with E-state index >= 15 is 0 Å². The largest absolute Gasteiger partial charge is 0.493 e. The van der Waals surface area contributed by atoms with E-state index < -0.39 is 0 Å². The fourth-order valence-corrected chi connectivity index (χ4v) is 4.27. The summed E-state index contributed by atoms with van der Waals surface area (Å²) < 4.78 is 10.7. The van der Waals surface area contributed by atoms with Crippen molar-refractivity contribution in [3.05, 3.63) is 45.6 Å². The number of thiophene rings is 1. The van der Waals surface area contributed by atoms with Crippen LogP contribution < -0.4 is 15.2 Å². The van der Waals surface area contributed by atoms with E-state index in [4.69, 9.17) is 15.2 Å². The van der Waals surface area contributed by atoms with E-state index in [2.05, 4.69) is 24.4 Å². The maximum Gasteiger partial charge on any atom is 0.254 e. The monoisotopic (exact) mass is 388 g/mol. The zero-order valence-corrected chi connectivity index (χ0v) is 17.1. The third kappa shape index (κ3) is 4.62. The van der Waals surface area contributed by atoms with Crippen molar-refractivity contribution in [2.45, 2.75) is 44.7 Å². The lowest BCUT2D eigenvalue weighted by atomic mass is 9.92. The number of fused-ring (bicyclic) bond motifs is 1. The Morgan fingerprint density at radius 3 is 2.63 bits per heavy atom. The van der Waals surface area contributed by atoms with Gasteiger partial charge in [0.2, 0.25) is 0 Å². The highest BCUT2D eigenvalue weighted by atomic mass is 32.1. The van der Waals surface area contributed by atoms with E-state index in [1.54, 1.807) is 31.6 Å². The maximum atomic E-state index is 12.7. The van der Waals surface area contributed by atoms with Crippen LogP contribution in [0.3, 0.4) is 0 Å². The average Bonchev–Trinajstić information content (AvgIpc) is 3.27. The number of rotatable bonds is 9. The van der Waals surface area contributed by atoms with Gasteiger partial charge >= 0.3 is 0 Å². The first kappa shape index (κ1) is 19.7. The number of ether oxygens (including phenoxy) is 2. The third-order valence-corrected chi connectivity index (χ3v) is 6.13. The summed E-state index contributed by atoms with van der Waals surface area (Å²) in [5.74, 6) is 1.28. The van der Waals surface area contributed by atoms with Crippen LogP contribution >= 0.6 is 11.3 Å². The molecule has 5 nitrogen and oxygen atoms in total. The van der Waals surface area contributed by atoms with E-state index in [1.165, 1.54) is 4.88 Å². The van der Waals surface area contributed by atoms with Gasteiger partial charge < -0.3 is 20.1 Å². The van der Waals surface area contributed by atoms with Crippen molar-refractivity contribution < 1.29 is 14.3 Å². The van der Waals surface area contributed by atoms with Crippen LogP contribution in [0.1, 0.15) is 47.0 Å². The summed E-state index contributed by atoms with van der Waals surface area (Å²) in [7, 11) is 3.19. The first-order valence-corrected chi connectivity index (χ1v) is 10.2. The molecule has 1 aromatic carbocycles. The van der Waals surface area contributed by atoms with Crippen LogP contribution in [-0.2, 0) is 13.0 Å². The molecule has 1 aliphatic rings. The van der Waals surface area contributed by atoms with Crippen molar-refractivity contribution in [3.63, 3.8) is 0 Å². The topological polar surface area (TPSA) is 64.8 Å². The van der Waals surface area contributed by atoms with E-state index in [9.17, 15) is 4.79 Å². The van der Waals surface area contributed by atoms with Crippen molar-refractivity contribution in [1.82, 2.24) is 4.90 Å². The highest BCUT2D eigenvalue weighted by Gasteiger charge is 2.30. The predicted octanol–water partition coefficient (Wildman–Crippen LogP) is 3.85. The fourth-order valence-electron chi connectivity index (χ4n) is 3.52. The molecule has 2 N–H and O–H groups in total. The number of nitrogens with two attached hydrogens (primary N) is 1. The van der Waals surface area contributed by atoms with E-state index in [-0.39, 0.29) is 11.4 Å². The molecule has 0 spiro atoms. The Morgan fingerprint density at radius 1 is 1.22 bits per heavy atom. The Morgan fingerprint density at radius 2 is 1.96 bits per heavy atom. The summed E-state index contributed by atoms with van der Waals surface area (Å²) in [4.78, 5) is 16.0. The Kier molecular flexibility index (Phi) is 6.07. The Bertz CT molecular complexity index is 787. The molecular formula is C21H28N2O3S. The van der Waals surface area contributed by atoms with Crippen molar-refractivity contribution >= 4 is 17.2 Å². The van der Waals surface area contributed by atoms with Crippen molar-refractivity contribution in [2.75, 3.05) is 20.8 Å². The molecule has 0 saturated carbocycles. The molecule has 1 amide bonds. The molecule has 0 fully saturated rings. The number of hydrogen-bond donors (Lipinski definition) is 1. The lowest BCUT2D eigenvalue weighted by Crippen LogP contribution is -2.40. The zero-order valence-electron chi connectivity index (χ0n) is 16.3. The Balaban J connectivity index is 1.55. The molecule has 2 heterocycles. The summed E-state index contributed by atoms with van der Waals surface area (Å²) in [6, 6.07) is 7.93. The summed E-state index contributed by atoms with van der Waals surface area (Å²) in [6.07, 6.45) is 3.86. The molecule has 0 aliphatic carbocycles. The summed E-state index contributed by atoms with van der Waals surface area (Å²) in [6.45, 7) is 3.34. The molecule has 3 rings (SSSR count). The lowest BCUT2D eigenvalue weighted by molar-refractivity contribution is 0.0766. The quantitative estimate of drug-likeness (QED) is 0.709. The van der Waals surface area contributed by atoms with Gasteiger partial charge in [-0.25, -0.2) is 0 Å². The second kappa shape index (κ2) is 8.31. The molecule has 1 unspecified atom stereocenters. The van der Waals surface area contributed by atoms with Crippen molar-refractivity contribution in [2.24, 2.45) is 5.73 Å². The van der Waals surface area contributed by atoms with Gasteiger partial charge in [-0.3, -0.25) is 4.79 Å². The maximum absolute atomic E-state index is 12.7. The van der Waals surface area contributed by atoms with Gasteiger partial charge in [0, 0.05) is 29.1 Å². The SMILES string of the molecule is COc1cc2c(cc1OC)C(=O)N(CCC(C)(N)CCCc1cccs1)C2. The minimum Gasteiger partial charge on any atom is -0.493 e. The first-order chi connectivity index (χ1) is 12.9. The van der Waals surface area contributed by atoms with Crippen LogP contribution in [0.2, 0.25) is 0 Å². The van der Waals surface area contributed by atoms with Gasteiger partial charge in [0.25, 0.3) is 5.91 Å². The van der Waals surface area contributed by atoms with Crippen LogP contribution in [-0.4, -0.2) is 37.1 Å². The van der Waals surface area contributed by atoms with Crippen LogP contribution in [0.15, 0.2) is 29.6 Å². The number of carbonyl (C=O) groups excluding carboxylic acids is 1. The van der Waals surface area contributed by atoms with E-state index in [0.717, 1.165) is 31.2 Å². The summed E-state index contributed by atoms with van der Waals surface area (Å²) in [5.41, 5.74) is 7.90. The van der Waals surface area contributed by atoms with Crippen LogP contribution in [0, 0.1) is 0 Å².